The van der Waals surface area contributed by atoms with Crippen LogP contribution in [0.1, 0.15) is 64.7 Å². The Morgan fingerprint density at radius 2 is 1.68 bits per heavy atom. The number of aliphatic carboxylic acids is 1. The van der Waals surface area contributed by atoms with E-state index in [9.17, 15) is 9.59 Å². The minimum absolute atomic E-state index is 0.0443. The third-order valence-corrected chi connectivity index (χ3v) is 5.09. The van der Waals surface area contributed by atoms with Crippen molar-refractivity contribution >= 4 is 11.9 Å². The number of nitrogens with one attached hydrogen (secondary N) is 1. The number of rotatable bonds is 7. The van der Waals surface area contributed by atoms with Crippen LogP contribution in [0, 0.1) is 10.8 Å². The fourth-order valence-corrected chi connectivity index (χ4v) is 3.38. The SMILES string of the molecule is CCC1(CNC(=O)CC2(CC(=O)O)CCCC2)CC1. The van der Waals surface area contributed by atoms with Gasteiger partial charge < -0.3 is 10.4 Å². The fourth-order valence-electron chi connectivity index (χ4n) is 3.38. The highest BCUT2D eigenvalue weighted by Crippen LogP contribution is 2.48. The molecule has 0 aromatic carbocycles. The van der Waals surface area contributed by atoms with Crippen LogP contribution in [-0.2, 0) is 9.59 Å². The Bertz CT molecular complexity index is 354. The van der Waals surface area contributed by atoms with E-state index in [1.54, 1.807) is 0 Å². The van der Waals surface area contributed by atoms with Crippen LogP contribution >= 0.6 is 0 Å². The monoisotopic (exact) mass is 267 g/mol. The molecule has 4 nitrogen and oxygen atoms in total. The number of carbonyl (C=O) groups is 2. The van der Waals surface area contributed by atoms with Gasteiger partial charge in [0.25, 0.3) is 0 Å². The lowest BCUT2D eigenvalue weighted by Gasteiger charge is -2.26. The van der Waals surface area contributed by atoms with E-state index in [1.165, 1.54) is 12.8 Å². The summed E-state index contributed by atoms with van der Waals surface area (Å²) in [4.78, 5) is 23.1. The van der Waals surface area contributed by atoms with E-state index >= 15 is 0 Å². The predicted molar refractivity (Wildman–Crippen MR) is 72.7 cm³/mol. The van der Waals surface area contributed by atoms with Gasteiger partial charge in [-0.2, -0.15) is 0 Å². The second kappa shape index (κ2) is 5.51. The molecule has 2 N–H and O–H groups in total. The summed E-state index contributed by atoms with van der Waals surface area (Å²) in [5, 5.41) is 12.1. The van der Waals surface area contributed by atoms with Crippen LogP contribution in [0.25, 0.3) is 0 Å². The lowest BCUT2D eigenvalue weighted by Crippen LogP contribution is -2.35. The summed E-state index contributed by atoms with van der Waals surface area (Å²) < 4.78 is 0. The molecule has 0 unspecified atom stereocenters. The van der Waals surface area contributed by atoms with Crippen LogP contribution in [0.3, 0.4) is 0 Å². The second-order valence-corrected chi connectivity index (χ2v) is 6.58. The number of carboxylic acids is 1. The Balaban J connectivity index is 1.83. The maximum absolute atomic E-state index is 12.1. The van der Waals surface area contributed by atoms with Crippen LogP contribution in [0.15, 0.2) is 0 Å². The third-order valence-electron chi connectivity index (χ3n) is 5.09. The molecule has 0 aromatic heterocycles. The van der Waals surface area contributed by atoms with E-state index < -0.39 is 5.97 Å². The average Bonchev–Trinajstić information content (AvgIpc) is 3.01. The highest BCUT2D eigenvalue weighted by Gasteiger charge is 2.42. The highest BCUT2D eigenvalue weighted by atomic mass is 16.4. The second-order valence-electron chi connectivity index (χ2n) is 6.58. The van der Waals surface area contributed by atoms with E-state index in [0.717, 1.165) is 38.6 Å². The lowest BCUT2D eigenvalue weighted by atomic mass is 9.79. The topological polar surface area (TPSA) is 66.4 Å². The van der Waals surface area contributed by atoms with Crippen LogP contribution < -0.4 is 5.32 Å². The molecule has 0 spiro atoms. The van der Waals surface area contributed by atoms with Gasteiger partial charge in [-0.25, -0.2) is 0 Å². The zero-order chi connectivity index (χ0) is 13.9. The zero-order valence-corrected chi connectivity index (χ0v) is 11.8. The number of carbonyl (C=O) groups excluding carboxylic acids is 1. The maximum atomic E-state index is 12.1. The molecule has 0 atom stereocenters. The lowest BCUT2D eigenvalue weighted by molar-refractivity contribution is -0.140. The Morgan fingerprint density at radius 1 is 1.05 bits per heavy atom. The summed E-state index contributed by atoms with van der Waals surface area (Å²) in [5.41, 5.74) is 0.0736. The Morgan fingerprint density at radius 3 is 2.16 bits per heavy atom. The van der Waals surface area contributed by atoms with Crippen molar-refractivity contribution in [2.24, 2.45) is 10.8 Å². The zero-order valence-electron chi connectivity index (χ0n) is 11.8. The first-order chi connectivity index (χ1) is 8.99. The fraction of sp³-hybridized carbons (Fsp3) is 0.867. The summed E-state index contributed by atoms with van der Waals surface area (Å²) >= 11 is 0. The van der Waals surface area contributed by atoms with E-state index in [1.807, 2.05) is 0 Å². The minimum atomic E-state index is -0.776. The molecule has 4 heteroatoms. The molecule has 108 valence electrons. The van der Waals surface area contributed by atoms with Crippen LogP contribution in [0.2, 0.25) is 0 Å². The van der Waals surface area contributed by atoms with Gasteiger partial charge in [0.1, 0.15) is 0 Å². The molecule has 2 rings (SSSR count). The molecular formula is C15H25NO3. The molecule has 0 radical (unpaired) electrons. The summed E-state index contributed by atoms with van der Waals surface area (Å²) in [5.74, 6) is -0.732. The number of amides is 1. The summed E-state index contributed by atoms with van der Waals surface area (Å²) in [6, 6.07) is 0. The molecule has 2 aliphatic rings. The first-order valence-corrected chi connectivity index (χ1v) is 7.48. The predicted octanol–water partition coefficient (Wildman–Crippen LogP) is 2.72. The molecule has 1 amide bonds. The van der Waals surface area contributed by atoms with Crippen molar-refractivity contribution in [2.45, 2.75) is 64.7 Å². The van der Waals surface area contributed by atoms with E-state index in [0.29, 0.717) is 11.8 Å². The van der Waals surface area contributed by atoms with Gasteiger partial charge in [-0.15, -0.1) is 0 Å². The Kier molecular flexibility index (Phi) is 4.16. The molecular weight excluding hydrogens is 242 g/mol. The molecule has 2 fully saturated rings. The Labute approximate surface area is 115 Å². The standard InChI is InChI=1S/C15H25NO3/c1-2-14(7-8-14)11-16-12(17)9-15(10-13(18)19)5-3-4-6-15/h2-11H2,1H3,(H,16,17)(H,18,19). The molecule has 0 aromatic rings. The van der Waals surface area contributed by atoms with Crippen molar-refractivity contribution < 1.29 is 14.7 Å². The van der Waals surface area contributed by atoms with Gasteiger partial charge in [-0.3, -0.25) is 9.59 Å². The third kappa shape index (κ3) is 3.71. The van der Waals surface area contributed by atoms with Crippen molar-refractivity contribution in [1.82, 2.24) is 5.32 Å². The number of hydrogen-bond acceptors (Lipinski definition) is 2. The van der Waals surface area contributed by atoms with Gasteiger partial charge in [0.2, 0.25) is 5.91 Å². The molecule has 0 heterocycles. The number of carboxylic acid groups (broad SMARTS) is 1. The summed E-state index contributed by atoms with van der Waals surface area (Å²) in [6.07, 6.45) is 7.94. The van der Waals surface area contributed by atoms with Crippen molar-refractivity contribution in [1.29, 1.82) is 0 Å². The first kappa shape index (κ1) is 14.4. The van der Waals surface area contributed by atoms with Crippen LogP contribution in [0.5, 0.6) is 0 Å². The highest BCUT2D eigenvalue weighted by molar-refractivity contribution is 5.78. The molecule has 19 heavy (non-hydrogen) atoms. The normalized spacial score (nSPS) is 23.0. The minimum Gasteiger partial charge on any atom is -0.481 e. The number of hydrogen-bond donors (Lipinski definition) is 2. The molecule has 2 saturated carbocycles. The van der Waals surface area contributed by atoms with Gasteiger partial charge in [0, 0.05) is 13.0 Å². The van der Waals surface area contributed by atoms with Gasteiger partial charge in [-0.1, -0.05) is 19.8 Å². The average molecular weight is 267 g/mol. The smallest absolute Gasteiger partial charge is 0.303 e. The van der Waals surface area contributed by atoms with Crippen LogP contribution in [-0.4, -0.2) is 23.5 Å². The van der Waals surface area contributed by atoms with Crippen molar-refractivity contribution in [3.05, 3.63) is 0 Å². The Hall–Kier alpha value is -1.06. The quantitative estimate of drug-likeness (QED) is 0.745. The van der Waals surface area contributed by atoms with Crippen molar-refractivity contribution in [3.63, 3.8) is 0 Å². The van der Waals surface area contributed by atoms with Crippen molar-refractivity contribution in [2.75, 3.05) is 6.54 Å². The van der Waals surface area contributed by atoms with Crippen molar-refractivity contribution in [3.8, 4) is 0 Å². The van der Waals surface area contributed by atoms with Gasteiger partial charge in [0.15, 0.2) is 0 Å². The van der Waals surface area contributed by atoms with E-state index in [-0.39, 0.29) is 17.7 Å². The van der Waals surface area contributed by atoms with Gasteiger partial charge in [0.05, 0.1) is 6.42 Å². The largest absolute Gasteiger partial charge is 0.481 e. The van der Waals surface area contributed by atoms with Gasteiger partial charge in [-0.05, 0) is 42.9 Å². The van der Waals surface area contributed by atoms with E-state index in [2.05, 4.69) is 12.2 Å². The van der Waals surface area contributed by atoms with Crippen LogP contribution in [0.4, 0.5) is 0 Å². The van der Waals surface area contributed by atoms with Gasteiger partial charge >= 0.3 is 5.97 Å². The molecule has 2 aliphatic carbocycles. The van der Waals surface area contributed by atoms with E-state index in [4.69, 9.17) is 5.11 Å². The molecule has 0 saturated heterocycles. The first-order valence-electron chi connectivity index (χ1n) is 7.48. The summed E-state index contributed by atoms with van der Waals surface area (Å²) in [6.45, 7) is 2.94. The molecule has 0 aliphatic heterocycles. The summed E-state index contributed by atoms with van der Waals surface area (Å²) in [7, 11) is 0. The maximum Gasteiger partial charge on any atom is 0.303 e. The molecule has 0 bridgehead atoms.